The van der Waals surface area contributed by atoms with E-state index in [-0.39, 0.29) is 12.1 Å². The number of hydrogen-bond acceptors (Lipinski definition) is 3. The maximum Gasteiger partial charge on any atom is 0.317 e. The van der Waals surface area contributed by atoms with Gasteiger partial charge in [-0.05, 0) is 39.3 Å². The topological polar surface area (TPSA) is 48.7 Å². The molecule has 2 aromatic rings. The number of amides is 2. The molecule has 5 nitrogen and oxygen atoms in total. The number of carbonyl (C=O) groups is 1. The highest BCUT2D eigenvalue weighted by molar-refractivity contribution is 5.74. The molecular weight excluding hydrogens is 326 g/mol. The van der Waals surface area contributed by atoms with Crippen LogP contribution in [-0.4, -0.2) is 42.0 Å². The summed E-state index contributed by atoms with van der Waals surface area (Å²) in [6, 6.07) is 10.6. The van der Waals surface area contributed by atoms with Crippen LogP contribution in [0.25, 0.3) is 0 Å². The van der Waals surface area contributed by atoms with Crippen LogP contribution in [0.5, 0.6) is 0 Å². The molecule has 0 saturated carbocycles. The molecule has 0 aliphatic carbocycles. The number of benzene rings is 1. The highest BCUT2D eigenvalue weighted by atomic mass is 16.3. The van der Waals surface area contributed by atoms with Crippen molar-refractivity contribution in [3.8, 4) is 0 Å². The summed E-state index contributed by atoms with van der Waals surface area (Å²) < 4.78 is 5.57. The fraction of sp³-hybridized carbons (Fsp3) is 0.476. The molecule has 1 fully saturated rings. The summed E-state index contributed by atoms with van der Waals surface area (Å²) in [5.41, 5.74) is 3.68. The van der Waals surface area contributed by atoms with E-state index >= 15 is 0 Å². The minimum Gasteiger partial charge on any atom is -0.466 e. The Balaban J connectivity index is 1.49. The second kappa shape index (κ2) is 7.96. The van der Waals surface area contributed by atoms with E-state index in [1.165, 1.54) is 11.1 Å². The van der Waals surface area contributed by atoms with Crippen molar-refractivity contribution >= 4 is 6.03 Å². The van der Waals surface area contributed by atoms with Crippen LogP contribution < -0.4 is 5.32 Å². The Labute approximate surface area is 156 Å². The highest BCUT2D eigenvalue weighted by Crippen LogP contribution is 2.21. The molecule has 1 unspecified atom stereocenters. The first kappa shape index (κ1) is 18.5. The van der Waals surface area contributed by atoms with Gasteiger partial charge in [-0.2, -0.15) is 0 Å². The van der Waals surface area contributed by atoms with E-state index in [1.54, 1.807) is 0 Å². The number of nitrogens with one attached hydrogen (secondary N) is 1. The SMILES string of the molecule is Cc1cccc(CN2CCN(C(=O)NC(C)c3cc(C)oc3C)CC2)c1. The zero-order valence-electron chi connectivity index (χ0n) is 16.2. The Morgan fingerprint density at radius 1 is 1.15 bits per heavy atom. The summed E-state index contributed by atoms with van der Waals surface area (Å²) in [5, 5.41) is 3.10. The van der Waals surface area contributed by atoms with Crippen LogP contribution >= 0.6 is 0 Å². The average molecular weight is 355 g/mol. The quantitative estimate of drug-likeness (QED) is 0.908. The van der Waals surface area contributed by atoms with Crippen molar-refractivity contribution in [1.82, 2.24) is 15.1 Å². The molecule has 1 saturated heterocycles. The van der Waals surface area contributed by atoms with Gasteiger partial charge in [0.15, 0.2) is 0 Å². The van der Waals surface area contributed by atoms with Crippen LogP contribution in [0.3, 0.4) is 0 Å². The Morgan fingerprint density at radius 2 is 1.88 bits per heavy atom. The molecule has 0 spiro atoms. The third-order valence-electron chi connectivity index (χ3n) is 5.03. The molecule has 5 heteroatoms. The van der Waals surface area contributed by atoms with Crippen LogP contribution in [0.2, 0.25) is 0 Å². The van der Waals surface area contributed by atoms with Crippen LogP contribution in [0, 0.1) is 20.8 Å². The summed E-state index contributed by atoms with van der Waals surface area (Å²) in [6.07, 6.45) is 0. The van der Waals surface area contributed by atoms with Crippen molar-refractivity contribution in [2.24, 2.45) is 0 Å². The number of aryl methyl sites for hydroxylation is 3. The van der Waals surface area contributed by atoms with E-state index in [2.05, 4.69) is 41.4 Å². The summed E-state index contributed by atoms with van der Waals surface area (Å²) >= 11 is 0. The number of furan rings is 1. The van der Waals surface area contributed by atoms with Gasteiger partial charge in [-0.25, -0.2) is 4.79 Å². The zero-order chi connectivity index (χ0) is 18.7. The van der Waals surface area contributed by atoms with Gasteiger partial charge in [-0.1, -0.05) is 29.8 Å². The molecule has 2 amide bonds. The number of carbonyl (C=O) groups excluding carboxylic acids is 1. The van der Waals surface area contributed by atoms with Crippen LogP contribution in [-0.2, 0) is 6.54 Å². The summed E-state index contributed by atoms with van der Waals surface area (Å²) in [6.45, 7) is 12.3. The van der Waals surface area contributed by atoms with Gasteiger partial charge in [0.05, 0.1) is 6.04 Å². The first-order chi connectivity index (χ1) is 12.4. The average Bonchev–Trinajstić information content (AvgIpc) is 2.94. The number of piperazine rings is 1. The lowest BCUT2D eigenvalue weighted by Crippen LogP contribution is -2.51. The zero-order valence-corrected chi connectivity index (χ0v) is 16.2. The van der Waals surface area contributed by atoms with Crippen molar-refractivity contribution < 1.29 is 9.21 Å². The Kier molecular flexibility index (Phi) is 5.67. The van der Waals surface area contributed by atoms with Crippen molar-refractivity contribution in [3.63, 3.8) is 0 Å². The predicted octanol–water partition coefficient (Wildman–Crippen LogP) is 3.79. The van der Waals surface area contributed by atoms with Gasteiger partial charge >= 0.3 is 6.03 Å². The molecule has 1 N–H and O–H groups in total. The van der Waals surface area contributed by atoms with Gasteiger partial charge in [0, 0.05) is 38.3 Å². The monoisotopic (exact) mass is 355 g/mol. The van der Waals surface area contributed by atoms with Gasteiger partial charge in [0.2, 0.25) is 0 Å². The normalized spacial score (nSPS) is 16.5. The molecule has 0 radical (unpaired) electrons. The number of nitrogens with zero attached hydrogens (tertiary/aromatic N) is 2. The van der Waals surface area contributed by atoms with Crippen LogP contribution in [0.4, 0.5) is 4.79 Å². The lowest BCUT2D eigenvalue weighted by molar-refractivity contribution is 0.133. The molecule has 0 bridgehead atoms. The number of hydrogen-bond donors (Lipinski definition) is 1. The third-order valence-corrected chi connectivity index (χ3v) is 5.03. The summed E-state index contributed by atoms with van der Waals surface area (Å²) in [4.78, 5) is 16.9. The van der Waals surface area contributed by atoms with Gasteiger partial charge in [-0.3, -0.25) is 4.90 Å². The minimum atomic E-state index is -0.0507. The Bertz CT molecular complexity index is 760. The number of rotatable bonds is 4. The van der Waals surface area contributed by atoms with Crippen LogP contribution in [0.1, 0.15) is 41.2 Å². The summed E-state index contributed by atoms with van der Waals surface area (Å²) in [5.74, 6) is 1.75. The van der Waals surface area contributed by atoms with Gasteiger partial charge in [0.1, 0.15) is 11.5 Å². The van der Waals surface area contributed by atoms with E-state index in [0.29, 0.717) is 0 Å². The molecule has 1 aromatic heterocycles. The van der Waals surface area contributed by atoms with Crippen molar-refractivity contribution in [1.29, 1.82) is 0 Å². The fourth-order valence-corrected chi connectivity index (χ4v) is 3.61. The summed E-state index contributed by atoms with van der Waals surface area (Å²) in [7, 11) is 0. The largest absolute Gasteiger partial charge is 0.466 e. The smallest absolute Gasteiger partial charge is 0.317 e. The maximum absolute atomic E-state index is 12.6. The molecular formula is C21H29N3O2. The minimum absolute atomic E-state index is 0.00552. The van der Waals surface area contributed by atoms with Crippen molar-refractivity contribution in [3.05, 3.63) is 58.5 Å². The van der Waals surface area contributed by atoms with E-state index in [0.717, 1.165) is 49.8 Å². The standard InChI is InChI=1S/C21H29N3O2/c1-15-6-5-7-19(12-15)14-23-8-10-24(11-9-23)21(25)22-17(3)20-13-16(2)26-18(20)4/h5-7,12-13,17H,8-11,14H2,1-4H3,(H,22,25). The molecule has 1 aliphatic heterocycles. The van der Waals surface area contributed by atoms with Gasteiger partial charge < -0.3 is 14.6 Å². The lowest BCUT2D eigenvalue weighted by Gasteiger charge is -2.35. The van der Waals surface area contributed by atoms with E-state index in [4.69, 9.17) is 4.42 Å². The fourth-order valence-electron chi connectivity index (χ4n) is 3.61. The first-order valence-electron chi connectivity index (χ1n) is 9.32. The predicted molar refractivity (Wildman–Crippen MR) is 103 cm³/mol. The molecule has 1 aromatic carbocycles. The second-order valence-corrected chi connectivity index (χ2v) is 7.29. The maximum atomic E-state index is 12.6. The van der Waals surface area contributed by atoms with Gasteiger partial charge in [-0.15, -0.1) is 0 Å². The molecule has 140 valence electrons. The van der Waals surface area contributed by atoms with Crippen LogP contribution in [0.15, 0.2) is 34.7 Å². The molecule has 1 atom stereocenters. The highest BCUT2D eigenvalue weighted by Gasteiger charge is 2.23. The first-order valence-corrected chi connectivity index (χ1v) is 9.32. The molecule has 2 heterocycles. The Hall–Kier alpha value is -2.27. The van der Waals surface area contributed by atoms with E-state index < -0.39 is 0 Å². The second-order valence-electron chi connectivity index (χ2n) is 7.29. The Morgan fingerprint density at radius 3 is 2.50 bits per heavy atom. The van der Waals surface area contributed by atoms with Gasteiger partial charge in [0.25, 0.3) is 0 Å². The molecule has 3 rings (SSSR count). The lowest BCUT2D eigenvalue weighted by atomic mass is 10.1. The molecule has 1 aliphatic rings. The molecule has 26 heavy (non-hydrogen) atoms. The van der Waals surface area contributed by atoms with Crippen molar-refractivity contribution in [2.45, 2.75) is 40.3 Å². The number of urea groups is 1. The third kappa shape index (κ3) is 4.47. The van der Waals surface area contributed by atoms with E-state index in [9.17, 15) is 4.79 Å². The van der Waals surface area contributed by atoms with E-state index in [1.807, 2.05) is 31.7 Å². The van der Waals surface area contributed by atoms with Crippen molar-refractivity contribution in [2.75, 3.05) is 26.2 Å².